The van der Waals surface area contributed by atoms with Crippen molar-refractivity contribution in [2.75, 3.05) is 0 Å². The molecule has 0 N–H and O–H groups in total. The molecule has 0 spiro atoms. The fraction of sp³-hybridized carbons (Fsp3) is 0.167. The van der Waals surface area contributed by atoms with Gasteiger partial charge in [-0.1, -0.05) is 29.3 Å². The Balaban J connectivity index is 2.37. The number of hydrogen-bond donors (Lipinski definition) is 0. The largest absolute Gasteiger partial charge is 0.437 e. The summed E-state index contributed by atoms with van der Waals surface area (Å²) in [6, 6.07) is 5.47. The molecule has 0 unspecified atom stereocenters. The summed E-state index contributed by atoms with van der Waals surface area (Å²) in [6.45, 7) is 1.95. The van der Waals surface area contributed by atoms with Gasteiger partial charge in [-0.3, -0.25) is 0 Å². The number of rotatable bonds is 3. The van der Waals surface area contributed by atoms with Crippen LogP contribution in [0.3, 0.4) is 0 Å². The first kappa shape index (κ1) is 13.4. The first-order valence-electron chi connectivity index (χ1n) is 5.11. The van der Waals surface area contributed by atoms with Crippen LogP contribution in [-0.4, -0.2) is 9.97 Å². The van der Waals surface area contributed by atoms with E-state index in [1.165, 1.54) is 6.33 Å². The normalized spacial score (nSPS) is 10.4. The van der Waals surface area contributed by atoms with Crippen molar-refractivity contribution >= 4 is 34.8 Å². The molecular weight excluding hydrogens is 295 g/mol. The predicted octanol–water partition coefficient (Wildman–Crippen LogP) is 4.62. The van der Waals surface area contributed by atoms with Crippen molar-refractivity contribution < 1.29 is 4.74 Å². The van der Waals surface area contributed by atoms with Crippen LogP contribution < -0.4 is 4.74 Å². The number of halogens is 3. The molecule has 18 heavy (non-hydrogen) atoms. The average Bonchev–Trinajstić information content (AvgIpc) is 2.33. The van der Waals surface area contributed by atoms with Crippen LogP contribution in [0.15, 0.2) is 24.5 Å². The summed E-state index contributed by atoms with van der Waals surface area (Å²) in [6.07, 6.45) is 1.32. The smallest absolute Gasteiger partial charge is 0.228 e. The molecule has 2 rings (SSSR count). The summed E-state index contributed by atoms with van der Waals surface area (Å²) in [4.78, 5) is 7.85. The maximum Gasteiger partial charge on any atom is 0.228 e. The number of nitrogens with zero attached hydrogens (tertiary/aromatic N) is 2. The minimum atomic E-state index is 0.165. The Kier molecular flexibility index (Phi) is 4.27. The molecule has 1 aromatic carbocycles. The molecule has 1 heterocycles. The molecule has 0 aliphatic rings. The van der Waals surface area contributed by atoms with E-state index in [4.69, 9.17) is 39.5 Å². The third-order valence-corrected chi connectivity index (χ3v) is 3.17. The van der Waals surface area contributed by atoms with Gasteiger partial charge in [-0.15, -0.1) is 11.6 Å². The van der Waals surface area contributed by atoms with Crippen molar-refractivity contribution in [2.24, 2.45) is 0 Å². The summed E-state index contributed by atoms with van der Waals surface area (Å²) in [7, 11) is 0. The van der Waals surface area contributed by atoms with Crippen molar-refractivity contribution in [3.63, 3.8) is 0 Å². The quantitative estimate of drug-likeness (QED) is 0.613. The molecule has 3 nitrogen and oxygen atoms in total. The Hall–Kier alpha value is -1.03. The van der Waals surface area contributed by atoms with Gasteiger partial charge < -0.3 is 4.74 Å². The van der Waals surface area contributed by atoms with E-state index in [2.05, 4.69) is 9.97 Å². The lowest BCUT2D eigenvalue weighted by Gasteiger charge is -2.10. The van der Waals surface area contributed by atoms with Crippen molar-refractivity contribution in [3.05, 3.63) is 45.8 Å². The van der Waals surface area contributed by atoms with Crippen LogP contribution in [0.1, 0.15) is 11.1 Å². The van der Waals surface area contributed by atoms with E-state index in [1.807, 2.05) is 13.0 Å². The van der Waals surface area contributed by atoms with E-state index in [0.717, 1.165) is 5.56 Å². The van der Waals surface area contributed by atoms with Gasteiger partial charge in [0.05, 0.1) is 16.5 Å². The monoisotopic (exact) mass is 302 g/mol. The molecule has 94 valence electrons. The van der Waals surface area contributed by atoms with E-state index in [9.17, 15) is 0 Å². The van der Waals surface area contributed by atoms with Gasteiger partial charge in [-0.05, 0) is 24.6 Å². The Morgan fingerprint density at radius 3 is 2.67 bits per heavy atom. The highest BCUT2D eigenvalue weighted by Gasteiger charge is 2.12. The highest BCUT2D eigenvalue weighted by molar-refractivity contribution is 6.32. The van der Waals surface area contributed by atoms with E-state index in [-0.39, 0.29) is 11.0 Å². The van der Waals surface area contributed by atoms with Crippen LogP contribution in [0, 0.1) is 6.92 Å². The molecule has 0 saturated carbocycles. The first-order chi connectivity index (χ1) is 8.61. The third kappa shape index (κ3) is 2.86. The Labute approximate surface area is 120 Å². The first-order valence-corrected chi connectivity index (χ1v) is 6.40. The van der Waals surface area contributed by atoms with Gasteiger partial charge in [0.25, 0.3) is 0 Å². The fourth-order valence-corrected chi connectivity index (χ4v) is 2.14. The van der Waals surface area contributed by atoms with E-state index < -0.39 is 0 Å². The second-order valence-electron chi connectivity index (χ2n) is 3.62. The number of hydrogen-bond acceptors (Lipinski definition) is 3. The molecule has 0 bridgehead atoms. The summed E-state index contributed by atoms with van der Waals surface area (Å²) in [5.74, 6) is 0.984. The SMILES string of the molecule is Cc1ccc(Oc2ncnc(Cl)c2CCl)c(Cl)c1. The van der Waals surface area contributed by atoms with Crippen LogP contribution in [0.25, 0.3) is 0 Å². The van der Waals surface area contributed by atoms with E-state index in [1.54, 1.807) is 12.1 Å². The Bertz CT molecular complexity index is 575. The van der Waals surface area contributed by atoms with Gasteiger partial charge in [-0.25, -0.2) is 9.97 Å². The van der Waals surface area contributed by atoms with Crippen molar-refractivity contribution in [1.82, 2.24) is 9.97 Å². The predicted molar refractivity (Wildman–Crippen MR) is 72.9 cm³/mol. The highest BCUT2D eigenvalue weighted by Crippen LogP contribution is 2.32. The van der Waals surface area contributed by atoms with Gasteiger partial charge in [-0.2, -0.15) is 0 Å². The van der Waals surface area contributed by atoms with Crippen molar-refractivity contribution in [3.8, 4) is 11.6 Å². The second-order valence-corrected chi connectivity index (χ2v) is 4.65. The van der Waals surface area contributed by atoms with Crippen LogP contribution >= 0.6 is 34.8 Å². The molecule has 0 fully saturated rings. The molecule has 1 aromatic heterocycles. The zero-order valence-electron chi connectivity index (χ0n) is 9.45. The summed E-state index contributed by atoms with van der Waals surface area (Å²) in [5, 5.41) is 0.781. The van der Waals surface area contributed by atoms with Crippen LogP contribution in [-0.2, 0) is 5.88 Å². The number of aryl methyl sites for hydroxylation is 1. The maximum atomic E-state index is 6.08. The molecule has 0 aliphatic carbocycles. The zero-order chi connectivity index (χ0) is 13.1. The number of aromatic nitrogens is 2. The van der Waals surface area contributed by atoms with Crippen molar-refractivity contribution in [2.45, 2.75) is 12.8 Å². The zero-order valence-corrected chi connectivity index (χ0v) is 11.7. The van der Waals surface area contributed by atoms with Gasteiger partial charge in [0.15, 0.2) is 0 Å². The lowest BCUT2D eigenvalue weighted by molar-refractivity contribution is 0.457. The molecular formula is C12H9Cl3N2O. The summed E-state index contributed by atoms with van der Waals surface area (Å²) >= 11 is 17.8. The van der Waals surface area contributed by atoms with E-state index in [0.29, 0.717) is 22.2 Å². The number of benzene rings is 1. The molecule has 0 amide bonds. The molecule has 0 radical (unpaired) electrons. The molecule has 0 atom stereocenters. The lowest BCUT2D eigenvalue weighted by Crippen LogP contribution is -1.96. The van der Waals surface area contributed by atoms with Gasteiger partial charge in [0.2, 0.25) is 5.88 Å². The van der Waals surface area contributed by atoms with E-state index >= 15 is 0 Å². The molecule has 2 aromatic rings. The van der Waals surface area contributed by atoms with Crippen LogP contribution in [0.5, 0.6) is 11.6 Å². The summed E-state index contributed by atoms with van der Waals surface area (Å²) < 4.78 is 5.62. The number of alkyl halides is 1. The van der Waals surface area contributed by atoms with Crippen LogP contribution in [0.2, 0.25) is 10.2 Å². The topological polar surface area (TPSA) is 35.0 Å². The van der Waals surface area contributed by atoms with Gasteiger partial charge >= 0.3 is 0 Å². The fourth-order valence-electron chi connectivity index (χ4n) is 1.37. The maximum absolute atomic E-state index is 6.08. The number of ether oxygens (including phenoxy) is 1. The molecule has 0 aliphatic heterocycles. The lowest BCUT2D eigenvalue weighted by atomic mass is 10.2. The van der Waals surface area contributed by atoms with Gasteiger partial charge in [0, 0.05) is 0 Å². The molecule has 6 heteroatoms. The second kappa shape index (κ2) is 5.74. The van der Waals surface area contributed by atoms with Crippen molar-refractivity contribution in [1.29, 1.82) is 0 Å². The summed E-state index contributed by atoms with van der Waals surface area (Å²) in [5.41, 5.74) is 1.59. The van der Waals surface area contributed by atoms with Gasteiger partial charge in [0.1, 0.15) is 17.2 Å². The third-order valence-electron chi connectivity index (χ3n) is 2.28. The Morgan fingerprint density at radius 1 is 1.22 bits per heavy atom. The highest BCUT2D eigenvalue weighted by atomic mass is 35.5. The average molecular weight is 304 g/mol. The minimum Gasteiger partial charge on any atom is -0.437 e. The standard InChI is InChI=1S/C12H9Cl3N2O/c1-7-2-3-10(9(14)4-7)18-12-8(5-13)11(15)16-6-17-12/h2-4,6H,5H2,1H3. The Morgan fingerprint density at radius 2 is 2.00 bits per heavy atom. The molecule has 0 saturated heterocycles. The van der Waals surface area contributed by atoms with Crippen LogP contribution in [0.4, 0.5) is 0 Å². The minimum absolute atomic E-state index is 0.165.